The van der Waals surface area contributed by atoms with E-state index < -0.39 is 10.1 Å². The Kier molecular flexibility index (Phi) is 14.2. The van der Waals surface area contributed by atoms with Crippen LogP contribution in [0.25, 0.3) is 0 Å². The molecule has 2 aromatic rings. The number of unbranched alkanes of at least 4 members (excludes halogenated alkanes) is 11. The van der Waals surface area contributed by atoms with Gasteiger partial charge in [-0.1, -0.05) is 89.7 Å². The van der Waals surface area contributed by atoms with Crippen LogP contribution in [0.3, 0.4) is 0 Å². The third-order valence-corrected chi connectivity index (χ3v) is 6.55. The summed E-state index contributed by atoms with van der Waals surface area (Å²) >= 11 is 0. The summed E-state index contributed by atoms with van der Waals surface area (Å²) in [5.41, 5.74) is 1.74. The highest BCUT2D eigenvalue weighted by molar-refractivity contribution is 7.85. The van der Waals surface area contributed by atoms with Crippen molar-refractivity contribution in [3.63, 3.8) is 0 Å². The van der Waals surface area contributed by atoms with E-state index in [2.05, 4.69) is 12.2 Å². The van der Waals surface area contributed by atoms with Crippen molar-refractivity contribution in [2.45, 2.75) is 90.6 Å². The molecule has 0 saturated heterocycles. The molecule has 36 heavy (non-hydrogen) atoms. The first-order valence-electron chi connectivity index (χ1n) is 13.3. The first-order chi connectivity index (χ1) is 17.4. The fraction of sp³-hybridized carbons (Fsp3) is 0.552. The number of ether oxygens (including phenoxy) is 1. The van der Waals surface area contributed by atoms with Crippen molar-refractivity contribution in [1.82, 2.24) is 0 Å². The molecule has 2 rings (SSSR count). The normalized spacial score (nSPS) is 11.4. The Morgan fingerprint density at radius 2 is 1.39 bits per heavy atom. The zero-order valence-electron chi connectivity index (χ0n) is 22.0. The minimum Gasteiger partial charge on any atom is -0.494 e. The lowest BCUT2D eigenvalue weighted by Gasteiger charge is -2.09. The third kappa shape index (κ3) is 13.6. The maximum Gasteiger partial charge on any atom is 0.264 e. The minimum absolute atomic E-state index is 0.0756. The van der Waals surface area contributed by atoms with Crippen LogP contribution in [-0.2, 0) is 20.9 Å². The first-order valence-corrected chi connectivity index (χ1v) is 15.2. The Balaban J connectivity index is 1.60. The van der Waals surface area contributed by atoms with Gasteiger partial charge in [0.1, 0.15) is 5.75 Å². The van der Waals surface area contributed by atoms with Crippen LogP contribution in [0.5, 0.6) is 5.75 Å². The molecule has 0 aromatic heterocycles. The van der Waals surface area contributed by atoms with Gasteiger partial charge < -0.3 is 10.1 Å². The SMILES string of the molecule is CCCCCCCCCCCCCCOc1ccc(C(=O)Nc2cccc(COS(C)(=O)=O)c2)cc1. The highest BCUT2D eigenvalue weighted by Crippen LogP contribution is 2.17. The molecular weight excluding hydrogens is 474 g/mol. The zero-order chi connectivity index (χ0) is 26.1. The lowest BCUT2D eigenvalue weighted by atomic mass is 10.1. The summed E-state index contributed by atoms with van der Waals surface area (Å²) in [6.45, 7) is 2.87. The fourth-order valence-electron chi connectivity index (χ4n) is 3.95. The lowest BCUT2D eigenvalue weighted by molar-refractivity contribution is 0.102. The molecule has 0 aliphatic heterocycles. The molecule has 1 amide bonds. The number of carbonyl (C=O) groups excluding carboxylic acids is 1. The molecule has 0 bridgehead atoms. The number of hydrogen-bond acceptors (Lipinski definition) is 5. The monoisotopic (exact) mass is 517 g/mol. The van der Waals surface area contributed by atoms with Gasteiger partial charge in [-0.25, -0.2) is 0 Å². The molecule has 0 aliphatic carbocycles. The Morgan fingerprint density at radius 3 is 1.97 bits per heavy atom. The number of nitrogens with one attached hydrogen (secondary N) is 1. The van der Waals surface area contributed by atoms with Crippen molar-refractivity contribution in [2.24, 2.45) is 0 Å². The summed E-state index contributed by atoms with van der Waals surface area (Å²) in [7, 11) is -3.52. The second-order valence-electron chi connectivity index (χ2n) is 9.38. The molecular formula is C29H43NO5S. The van der Waals surface area contributed by atoms with E-state index in [0.717, 1.165) is 18.4 Å². The van der Waals surface area contributed by atoms with Crippen molar-refractivity contribution >= 4 is 21.7 Å². The van der Waals surface area contributed by atoms with Crippen LogP contribution in [0, 0.1) is 0 Å². The molecule has 7 heteroatoms. The smallest absolute Gasteiger partial charge is 0.264 e. The van der Waals surface area contributed by atoms with Gasteiger partial charge in [-0.2, -0.15) is 8.42 Å². The van der Waals surface area contributed by atoms with E-state index in [1.54, 1.807) is 36.4 Å². The van der Waals surface area contributed by atoms with Gasteiger partial charge in [-0.15, -0.1) is 0 Å². The largest absolute Gasteiger partial charge is 0.494 e. The molecule has 0 unspecified atom stereocenters. The number of rotatable bonds is 19. The summed E-state index contributed by atoms with van der Waals surface area (Å²) < 4.78 is 33.0. The molecule has 2 aromatic carbocycles. The average Bonchev–Trinajstić information content (AvgIpc) is 2.86. The second-order valence-corrected chi connectivity index (χ2v) is 11.0. The summed E-state index contributed by atoms with van der Waals surface area (Å²) in [6.07, 6.45) is 16.8. The first kappa shape index (κ1) is 29.8. The van der Waals surface area contributed by atoms with Gasteiger partial charge in [0.25, 0.3) is 16.0 Å². The van der Waals surface area contributed by atoms with Crippen LogP contribution < -0.4 is 10.1 Å². The van der Waals surface area contributed by atoms with Gasteiger partial charge in [0.2, 0.25) is 0 Å². The third-order valence-electron chi connectivity index (χ3n) is 6.01. The van der Waals surface area contributed by atoms with Crippen LogP contribution in [0.2, 0.25) is 0 Å². The van der Waals surface area contributed by atoms with Crippen LogP contribution in [-0.4, -0.2) is 27.2 Å². The quantitative estimate of drug-likeness (QED) is 0.154. The van der Waals surface area contributed by atoms with Crippen molar-refractivity contribution < 1.29 is 22.1 Å². The molecule has 0 heterocycles. The topological polar surface area (TPSA) is 81.7 Å². The Morgan fingerprint density at radius 1 is 0.806 bits per heavy atom. The molecule has 200 valence electrons. The highest BCUT2D eigenvalue weighted by Gasteiger charge is 2.08. The van der Waals surface area contributed by atoms with Crippen molar-refractivity contribution in [2.75, 3.05) is 18.2 Å². The van der Waals surface area contributed by atoms with E-state index in [0.29, 0.717) is 23.4 Å². The summed E-state index contributed by atoms with van der Waals surface area (Å²) in [4.78, 5) is 12.6. The van der Waals surface area contributed by atoms with E-state index in [4.69, 9.17) is 8.92 Å². The number of carbonyl (C=O) groups is 1. The second kappa shape index (κ2) is 17.1. The molecule has 0 aliphatic rings. The van der Waals surface area contributed by atoms with Gasteiger partial charge >= 0.3 is 0 Å². The molecule has 0 saturated carbocycles. The molecule has 1 N–H and O–H groups in total. The lowest BCUT2D eigenvalue weighted by Crippen LogP contribution is -2.12. The average molecular weight is 518 g/mol. The minimum atomic E-state index is -3.52. The van der Waals surface area contributed by atoms with Gasteiger partial charge in [0.05, 0.1) is 19.5 Å². The standard InChI is InChI=1S/C29H43NO5S/c1-3-4-5-6-7-8-9-10-11-12-13-14-22-34-28-20-18-26(19-21-28)29(31)30-27-17-15-16-25(23-27)24-35-36(2,32)33/h15-21,23H,3-14,22,24H2,1-2H3,(H,30,31). The number of anilines is 1. The molecule has 0 fully saturated rings. The van der Waals surface area contributed by atoms with E-state index in [1.165, 1.54) is 70.6 Å². The van der Waals surface area contributed by atoms with Crippen LogP contribution in [0.1, 0.15) is 99.9 Å². The zero-order valence-corrected chi connectivity index (χ0v) is 22.8. The molecule has 0 radical (unpaired) electrons. The number of benzene rings is 2. The van der Waals surface area contributed by atoms with E-state index in [1.807, 2.05) is 12.1 Å². The molecule has 0 atom stereocenters. The summed E-state index contributed by atoms with van der Waals surface area (Å²) in [6, 6.07) is 14.0. The number of hydrogen-bond donors (Lipinski definition) is 1. The molecule has 0 spiro atoms. The van der Waals surface area contributed by atoms with Crippen molar-refractivity contribution in [3.05, 3.63) is 59.7 Å². The van der Waals surface area contributed by atoms with Gasteiger partial charge in [0.15, 0.2) is 0 Å². The summed E-state index contributed by atoms with van der Waals surface area (Å²) in [5.74, 6) is 0.512. The van der Waals surface area contributed by atoms with Crippen LogP contribution >= 0.6 is 0 Å². The maximum absolute atomic E-state index is 12.6. The fourth-order valence-corrected chi connectivity index (χ4v) is 4.30. The van der Waals surface area contributed by atoms with E-state index in [-0.39, 0.29) is 12.5 Å². The van der Waals surface area contributed by atoms with Gasteiger partial charge in [0, 0.05) is 11.3 Å². The Bertz CT molecular complexity index is 989. The Labute approximate surface area is 217 Å². The Hall–Kier alpha value is -2.38. The van der Waals surface area contributed by atoms with Crippen molar-refractivity contribution in [1.29, 1.82) is 0 Å². The van der Waals surface area contributed by atoms with Crippen molar-refractivity contribution in [3.8, 4) is 5.75 Å². The van der Waals surface area contributed by atoms with Gasteiger partial charge in [-0.3, -0.25) is 8.98 Å². The van der Waals surface area contributed by atoms with Gasteiger partial charge in [-0.05, 0) is 48.4 Å². The highest BCUT2D eigenvalue weighted by atomic mass is 32.2. The number of amides is 1. The van der Waals surface area contributed by atoms with E-state index >= 15 is 0 Å². The van der Waals surface area contributed by atoms with Crippen LogP contribution in [0.4, 0.5) is 5.69 Å². The predicted octanol–water partition coefficient (Wildman–Crippen LogP) is 7.50. The predicted molar refractivity (Wildman–Crippen MR) is 147 cm³/mol. The maximum atomic E-state index is 12.6. The van der Waals surface area contributed by atoms with Crippen LogP contribution in [0.15, 0.2) is 48.5 Å². The summed E-state index contributed by atoms with van der Waals surface area (Å²) in [5, 5.41) is 2.83. The molecule has 6 nitrogen and oxygen atoms in total. The van der Waals surface area contributed by atoms with E-state index in [9.17, 15) is 13.2 Å².